The molecule has 8 rings (SSSR count). The van der Waals surface area contributed by atoms with Gasteiger partial charge in [0, 0.05) is 47.7 Å². The number of nitrogens with zero attached hydrogens (tertiary/aromatic N) is 5. The van der Waals surface area contributed by atoms with Crippen LogP contribution in [0.4, 0.5) is 15.8 Å². The van der Waals surface area contributed by atoms with E-state index in [1.807, 2.05) is 87.6 Å². The lowest BCUT2D eigenvalue weighted by atomic mass is 10.0. The Morgan fingerprint density at radius 3 is 1.87 bits per heavy atom. The summed E-state index contributed by atoms with van der Waals surface area (Å²) >= 11 is 0. The van der Waals surface area contributed by atoms with Crippen LogP contribution in [0.1, 0.15) is 40.2 Å². The van der Waals surface area contributed by atoms with Crippen LogP contribution < -0.4 is 16.0 Å². The molecule has 0 spiro atoms. The second kappa shape index (κ2) is 19.5. The van der Waals surface area contributed by atoms with Gasteiger partial charge in [-0.1, -0.05) is 48.5 Å². The first-order valence-electron chi connectivity index (χ1n) is 19.7. The maximum atomic E-state index is 13.4. The smallest absolute Gasteiger partial charge is 0.228 e. The molecule has 7 aromatic rings. The molecule has 0 atom stereocenters. The Hall–Kier alpha value is -7.24. The van der Waals surface area contributed by atoms with Crippen molar-refractivity contribution >= 4 is 28.8 Å². The quantitative estimate of drug-likeness (QED) is 0.125. The van der Waals surface area contributed by atoms with Gasteiger partial charge in [0.1, 0.15) is 5.82 Å². The highest BCUT2D eigenvalue weighted by Crippen LogP contribution is 2.24. The summed E-state index contributed by atoms with van der Waals surface area (Å²) in [5.74, 6) is -0.521. The molecule has 5 aromatic heterocycles. The van der Waals surface area contributed by atoms with Gasteiger partial charge < -0.3 is 16.0 Å². The van der Waals surface area contributed by atoms with Crippen molar-refractivity contribution in [2.45, 2.75) is 40.0 Å². The summed E-state index contributed by atoms with van der Waals surface area (Å²) in [5, 5.41) is 9.07. The Labute approximate surface area is 349 Å². The number of carbonyl (C=O) groups excluding carboxylic acids is 2. The third-order valence-electron chi connectivity index (χ3n) is 9.83. The van der Waals surface area contributed by atoms with Crippen LogP contribution in [0.5, 0.6) is 0 Å². The van der Waals surface area contributed by atoms with Crippen molar-refractivity contribution < 1.29 is 14.0 Å². The number of nitrogens with one attached hydrogen (secondary N) is 3. The monoisotopic (exact) mass is 796 g/mol. The predicted octanol–water partition coefficient (Wildman–Crippen LogP) is 9.15. The highest BCUT2D eigenvalue weighted by Gasteiger charge is 2.12. The van der Waals surface area contributed by atoms with E-state index in [1.54, 1.807) is 49.1 Å². The van der Waals surface area contributed by atoms with Crippen LogP contribution in [0, 0.1) is 26.6 Å². The molecule has 0 bridgehead atoms. The predicted molar refractivity (Wildman–Crippen MR) is 235 cm³/mol. The number of hydrogen-bond donors (Lipinski definition) is 3. The minimum atomic E-state index is -0.314. The first kappa shape index (κ1) is 40.9. The van der Waals surface area contributed by atoms with E-state index in [0.29, 0.717) is 23.4 Å². The van der Waals surface area contributed by atoms with Crippen molar-refractivity contribution in [2.24, 2.45) is 0 Å². The van der Waals surface area contributed by atoms with Gasteiger partial charge in [0.2, 0.25) is 11.8 Å². The number of amides is 2. The number of anilines is 2. The molecule has 0 aliphatic carbocycles. The van der Waals surface area contributed by atoms with Gasteiger partial charge >= 0.3 is 0 Å². The Morgan fingerprint density at radius 1 is 0.617 bits per heavy atom. The Kier molecular flexibility index (Phi) is 13.3. The summed E-state index contributed by atoms with van der Waals surface area (Å²) in [6, 6.07) is 31.6. The Morgan fingerprint density at radius 2 is 1.27 bits per heavy atom. The zero-order valence-corrected chi connectivity index (χ0v) is 33.7. The van der Waals surface area contributed by atoms with Crippen LogP contribution in [0.2, 0.25) is 0 Å². The Bertz CT molecular complexity index is 2630. The molecule has 300 valence electrons. The molecule has 60 heavy (non-hydrogen) atoms. The minimum absolute atomic E-state index is 0.0480. The first-order chi connectivity index (χ1) is 29.1. The van der Waals surface area contributed by atoms with Crippen LogP contribution in [0.15, 0.2) is 140 Å². The molecule has 2 amide bonds. The second-order valence-electron chi connectivity index (χ2n) is 14.6. The van der Waals surface area contributed by atoms with E-state index in [4.69, 9.17) is 0 Å². The van der Waals surface area contributed by atoms with Crippen molar-refractivity contribution in [3.63, 3.8) is 0 Å². The first-order valence-corrected chi connectivity index (χ1v) is 19.7. The van der Waals surface area contributed by atoms with Gasteiger partial charge in [-0.3, -0.25) is 34.5 Å². The van der Waals surface area contributed by atoms with Gasteiger partial charge in [0.05, 0.1) is 53.7 Å². The van der Waals surface area contributed by atoms with Gasteiger partial charge in [-0.15, -0.1) is 0 Å². The summed E-state index contributed by atoms with van der Waals surface area (Å²) in [7, 11) is 0. The van der Waals surface area contributed by atoms with E-state index in [9.17, 15) is 14.0 Å². The van der Waals surface area contributed by atoms with Gasteiger partial charge in [0.15, 0.2) is 0 Å². The maximum Gasteiger partial charge on any atom is 0.228 e. The summed E-state index contributed by atoms with van der Waals surface area (Å²) in [4.78, 5) is 46.7. The summed E-state index contributed by atoms with van der Waals surface area (Å²) in [6.07, 6.45) is 12.3. The molecule has 0 fully saturated rings. The normalized spacial score (nSPS) is 12.1. The van der Waals surface area contributed by atoms with Crippen molar-refractivity contribution in [3.8, 4) is 33.6 Å². The van der Waals surface area contributed by atoms with E-state index in [1.165, 1.54) is 17.7 Å². The van der Waals surface area contributed by atoms with Crippen molar-refractivity contribution in [2.75, 3.05) is 23.7 Å². The van der Waals surface area contributed by atoms with Crippen molar-refractivity contribution in [3.05, 3.63) is 180 Å². The third kappa shape index (κ3) is 11.2. The van der Waals surface area contributed by atoms with E-state index in [-0.39, 0.29) is 24.1 Å². The average Bonchev–Trinajstić information content (AvgIpc) is 3.25. The molecular formula is C49H45FN8O2. The number of halogens is 1. The molecule has 10 nitrogen and oxygen atoms in total. The third-order valence-corrected chi connectivity index (χ3v) is 9.83. The number of rotatable bonds is 10. The standard InChI is InChI=1S/C25H21FN4O.C24H24N4O/c1-16-10-18(14-29-25(16)20-8-9-27-17(2)11-20)12-24(31)30-22-6-7-23(28-15-22)19-4-3-5-21(26)13-19;1-17-14-21(10-13-26-17)19-4-2-18(3-5-19)15-24(29)28-22-6-7-23(27-16-22)20-8-11-25-12-9-20/h3-11,13-15H,12H2,1-2H3,(H,30,31);2-8,10,13-14,16,25H,9,11-12,15H2,1H3,(H,28,29). The highest BCUT2D eigenvalue weighted by molar-refractivity contribution is 5.93. The molecule has 3 N–H and O–H groups in total. The topological polar surface area (TPSA) is 135 Å². The van der Waals surface area contributed by atoms with Crippen LogP contribution in [-0.2, 0) is 22.4 Å². The van der Waals surface area contributed by atoms with Crippen LogP contribution in [0.25, 0.3) is 39.2 Å². The minimum Gasteiger partial charge on any atom is -0.324 e. The largest absolute Gasteiger partial charge is 0.324 e. The molecule has 0 radical (unpaired) electrons. The number of benzene rings is 2. The molecular weight excluding hydrogens is 752 g/mol. The lowest BCUT2D eigenvalue weighted by Gasteiger charge is -2.13. The van der Waals surface area contributed by atoms with Gasteiger partial charge in [0.25, 0.3) is 0 Å². The molecule has 1 aliphatic heterocycles. The van der Waals surface area contributed by atoms with E-state index in [2.05, 4.69) is 53.0 Å². The number of hydrogen-bond acceptors (Lipinski definition) is 8. The molecule has 0 saturated heterocycles. The van der Waals surface area contributed by atoms with Crippen LogP contribution in [0.3, 0.4) is 0 Å². The molecule has 0 unspecified atom stereocenters. The van der Waals surface area contributed by atoms with Crippen LogP contribution >= 0.6 is 0 Å². The van der Waals surface area contributed by atoms with Gasteiger partial charge in [-0.25, -0.2) is 4.39 Å². The van der Waals surface area contributed by atoms with E-state index >= 15 is 0 Å². The molecule has 11 heteroatoms. The van der Waals surface area contributed by atoms with Gasteiger partial charge in [-0.2, -0.15) is 0 Å². The SMILES string of the molecule is Cc1cc(-c2ccc(CC(=O)Nc3ccc(C4=CCNCC4)nc3)cc2)ccn1.Cc1cc(-c2ncc(CC(=O)Nc3ccc(-c4cccc(F)c4)nc3)cc2C)ccn1. The molecule has 1 aliphatic rings. The molecule has 0 saturated carbocycles. The number of carbonyl (C=O) groups is 2. The van der Waals surface area contributed by atoms with Crippen molar-refractivity contribution in [1.82, 2.24) is 30.2 Å². The molecule has 2 aromatic carbocycles. The second-order valence-corrected chi connectivity index (χ2v) is 14.6. The average molecular weight is 797 g/mol. The fourth-order valence-electron chi connectivity index (χ4n) is 6.85. The summed E-state index contributed by atoms with van der Waals surface area (Å²) in [6.45, 7) is 7.76. The maximum absolute atomic E-state index is 13.4. The number of aromatic nitrogens is 5. The summed E-state index contributed by atoms with van der Waals surface area (Å²) in [5.41, 5.74) is 13.7. The highest BCUT2D eigenvalue weighted by atomic mass is 19.1. The number of aryl methyl sites for hydroxylation is 3. The zero-order chi connectivity index (χ0) is 41.8. The Balaban J connectivity index is 0.000000182. The number of pyridine rings is 5. The van der Waals surface area contributed by atoms with Crippen LogP contribution in [-0.4, -0.2) is 49.8 Å². The van der Waals surface area contributed by atoms with E-state index < -0.39 is 0 Å². The van der Waals surface area contributed by atoms with Gasteiger partial charge in [-0.05, 0) is 128 Å². The fourth-order valence-corrected chi connectivity index (χ4v) is 6.85. The van der Waals surface area contributed by atoms with Crippen molar-refractivity contribution in [1.29, 1.82) is 0 Å². The zero-order valence-electron chi connectivity index (χ0n) is 33.7. The lowest BCUT2D eigenvalue weighted by molar-refractivity contribution is -0.116. The molecule has 6 heterocycles. The fraction of sp³-hybridized carbons (Fsp3) is 0.163. The lowest BCUT2D eigenvalue weighted by Crippen LogP contribution is -2.20. The van der Waals surface area contributed by atoms with E-state index in [0.717, 1.165) is 81.4 Å². The summed E-state index contributed by atoms with van der Waals surface area (Å²) < 4.78 is 13.4.